The Morgan fingerprint density at radius 1 is 1.32 bits per heavy atom. The van der Waals surface area contributed by atoms with Gasteiger partial charge in [0.05, 0.1) is 5.56 Å². The molecule has 1 aromatic carbocycles. The molecule has 4 nitrogen and oxygen atoms in total. The first kappa shape index (κ1) is 16.7. The predicted octanol–water partition coefficient (Wildman–Crippen LogP) is 2.56. The summed E-state index contributed by atoms with van der Waals surface area (Å²) in [6.45, 7) is 0.0625. The average molecular weight is 308 g/mol. The number of nitrogens with zero attached hydrogens (tertiary/aromatic N) is 1. The lowest BCUT2D eigenvalue weighted by molar-refractivity contribution is 0.0895. The van der Waals surface area contributed by atoms with Crippen molar-refractivity contribution in [3.63, 3.8) is 0 Å². The summed E-state index contributed by atoms with van der Waals surface area (Å²) < 4.78 is 14.1. The van der Waals surface area contributed by atoms with Gasteiger partial charge < -0.3 is 15.3 Å². The van der Waals surface area contributed by atoms with E-state index in [2.05, 4.69) is 5.32 Å². The maximum absolute atomic E-state index is 14.1. The van der Waals surface area contributed by atoms with E-state index in [1.807, 2.05) is 14.1 Å². The van der Waals surface area contributed by atoms with Crippen LogP contribution in [0.2, 0.25) is 0 Å². The molecule has 0 aromatic heterocycles. The Bertz CT molecular complexity index is 519. The van der Waals surface area contributed by atoms with Crippen molar-refractivity contribution in [3.05, 3.63) is 29.6 Å². The lowest BCUT2D eigenvalue weighted by Gasteiger charge is -2.24. The molecule has 2 unspecified atom stereocenters. The van der Waals surface area contributed by atoms with Crippen LogP contribution in [0.3, 0.4) is 0 Å². The minimum atomic E-state index is -0.516. The highest BCUT2D eigenvalue weighted by Crippen LogP contribution is 2.24. The van der Waals surface area contributed by atoms with Gasteiger partial charge in [-0.1, -0.05) is 19.3 Å². The Kier molecular flexibility index (Phi) is 5.77. The van der Waals surface area contributed by atoms with E-state index in [9.17, 15) is 14.3 Å². The van der Waals surface area contributed by atoms with Crippen molar-refractivity contribution in [2.24, 2.45) is 5.92 Å². The van der Waals surface area contributed by atoms with Crippen LogP contribution in [0, 0.1) is 11.7 Å². The number of amides is 1. The van der Waals surface area contributed by atoms with Gasteiger partial charge in [0, 0.05) is 38.3 Å². The molecule has 1 amide bonds. The van der Waals surface area contributed by atoms with Crippen LogP contribution in [0.25, 0.3) is 0 Å². The molecule has 122 valence electrons. The highest BCUT2D eigenvalue weighted by atomic mass is 19.1. The van der Waals surface area contributed by atoms with Crippen LogP contribution in [0.1, 0.15) is 42.5 Å². The second-order valence-corrected chi connectivity index (χ2v) is 6.22. The minimum absolute atomic E-state index is 0.0616. The third kappa shape index (κ3) is 3.97. The van der Waals surface area contributed by atoms with Gasteiger partial charge in [0.25, 0.3) is 5.91 Å². The van der Waals surface area contributed by atoms with Gasteiger partial charge in [0.1, 0.15) is 5.82 Å². The molecule has 2 N–H and O–H groups in total. The van der Waals surface area contributed by atoms with Crippen molar-refractivity contribution in [2.75, 3.05) is 25.6 Å². The second kappa shape index (κ2) is 7.58. The van der Waals surface area contributed by atoms with E-state index >= 15 is 0 Å². The zero-order valence-electron chi connectivity index (χ0n) is 13.3. The van der Waals surface area contributed by atoms with Crippen molar-refractivity contribution < 1.29 is 14.3 Å². The molecule has 5 heteroatoms. The highest BCUT2D eigenvalue weighted by Gasteiger charge is 2.25. The van der Waals surface area contributed by atoms with Crippen molar-refractivity contribution in [3.8, 4) is 0 Å². The molecule has 22 heavy (non-hydrogen) atoms. The molecule has 1 aromatic rings. The van der Waals surface area contributed by atoms with Gasteiger partial charge in [-0.3, -0.25) is 4.79 Å². The Balaban J connectivity index is 2.10. The van der Waals surface area contributed by atoms with E-state index in [0.717, 1.165) is 37.8 Å². The molecule has 0 saturated heterocycles. The normalized spacial score (nSPS) is 22.0. The van der Waals surface area contributed by atoms with Gasteiger partial charge in [0.15, 0.2) is 0 Å². The van der Waals surface area contributed by atoms with Gasteiger partial charge in [-0.05, 0) is 31.0 Å². The minimum Gasteiger partial charge on any atom is -0.396 e. The number of benzene rings is 1. The van der Waals surface area contributed by atoms with Crippen LogP contribution >= 0.6 is 0 Å². The van der Waals surface area contributed by atoms with Crippen LogP contribution in [-0.2, 0) is 0 Å². The van der Waals surface area contributed by atoms with Crippen molar-refractivity contribution in [1.82, 2.24) is 5.32 Å². The van der Waals surface area contributed by atoms with Crippen LogP contribution < -0.4 is 10.2 Å². The molecule has 0 spiro atoms. The molecule has 0 heterocycles. The lowest BCUT2D eigenvalue weighted by Crippen LogP contribution is -2.41. The van der Waals surface area contributed by atoms with E-state index in [1.165, 1.54) is 12.1 Å². The zero-order chi connectivity index (χ0) is 16.1. The maximum atomic E-state index is 14.1. The molecular formula is C17H25FN2O2. The number of hydrogen-bond donors (Lipinski definition) is 2. The zero-order valence-corrected chi connectivity index (χ0v) is 13.3. The van der Waals surface area contributed by atoms with Gasteiger partial charge in [-0.25, -0.2) is 4.39 Å². The van der Waals surface area contributed by atoms with Gasteiger partial charge in [-0.15, -0.1) is 0 Å². The largest absolute Gasteiger partial charge is 0.396 e. The standard InChI is InChI=1S/C17H25FN2O2/c1-20(2)13-8-9-14(15(18)10-13)17(22)19-16-7-5-3-4-6-12(16)11-21/h8-10,12,16,21H,3-7,11H2,1-2H3,(H,19,22). The van der Waals surface area contributed by atoms with E-state index in [4.69, 9.17) is 0 Å². The van der Waals surface area contributed by atoms with E-state index < -0.39 is 11.7 Å². The highest BCUT2D eigenvalue weighted by molar-refractivity contribution is 5.95. The number of rotatable bonds is 4. The van der Waals surface area contributed by atoms with E-state index in [1.54, 1.807) is 11.0 Å². The first-order valence-corrected chi connectivity index (χ1v) is 7.91. The molecule has 1 aliphatic rings. The molecular weight excluding hydrogens is 283 g/mol. The Hall–Kier alpha value is -1.62. The number of carbonyl (C=O) groups excluding carboxylic acids is 1. The second-order valence-electron chi connectivity index (χ2n) is 6.22. The fraction of sp³-hybridized carbons (Fsp3) is 0.588. The van der Waals surface area contributed by atoms with Crippen LogP contribution in [0.4, 0.5) is 10.1 Å². The van der Waals surface area contributed by atoms with E-state index in [-0.39, 0.29) is 24.1 Å². The molecule has 1 saturated carbocycles. The van der Waals surface area contributed by atoms with Crippen molar-refractivity contribution >= 4 is 11.6 Å². The summed E-state index contributed by atoms with van der Waals surface area (Å²) in [6, 6.07) is 4.54. The molecule has 1 aliphatic carbocycles. The molecule has 0 aliphatic heterocycles. The smallest absolute Gasteiger partial charge is 0.254 e. The van der Waals surface area contributed by atoms with Crippen LogP contribution in [-0.4, -0.2) is 37.8 Å². The maximum Gasteiger partial charge on any atom is 0.254 e. The van der Waals surface area contributed by atoms with Crippen LogP contribution in [0.5, 0.6) is 0 Å². The van der Waals surface area contributed by atoms with Crippen molar-refractivity contribution in [2.45, 2.75) is 38.1 Å². The molecule has 0 radical (unpaired) electrons. The topological polar surface area (TPSA) is 52.6 Å². The summed E-state index contributed by atoms with van der Waals surface area (Å²) in [5.74, 6) is -0.846. The summed E-state index contributed by atoms with van der Waals surface area (Å²) >= 11 is 0. The predicted molar refractivity (Wildman–Crippen MR) is 85.6 cm³/mol. The summed E-state index contributed by atoms with van der Waals surface area (Å²) in [4.78, 5) is 14.1. The first-order chi connectivity index (χ1) is 10.5. The van der Waals surface area contributed by atoms with E-state index in [0.29, 0.717) is 0 Å². The number of halogens is 1. The number of anilines is 1. The first-order valence-electron chi connectivity index (χ1n) is 7.91. The Labute approximate surface area is 131 Å². The number of aliphatic hydroxyl groups excluding tert-OH is 1. The van der Waals surface area contributed by atoms with Crippen molar-refractivity contribution in [1.29, 1.82) is 0 Å². The number of nitrogens with one attached hydrogen (secondary N) is 1. The Morgan fingerprint density at radius 3 is 2.68 bits per heavy atom. The molecule has 2 atom stereocenters. The number of hydrogen-bond acceptors (Lipinski definition) is 3. The molecule has 0 bridgehead atoms. The Morgan fingerprint density at radius 2 is 2.05 bits per heavy atom. The third-order valence-electron chi connectivity index (χ3n) is 4.42. The van der Waals surface area contributed by atoms with Gasteiger partial charge >= 0.3 is 0 Å². The molecule has 1 fully saturated rings. The fourth-order valence-electron chi connectivity index (χ4n) is 3.01. The average Bonchev–Trinajstić information content (AvgIpc) is 2.71. The molecule has 2 rings (SSSR count). The van der Waals surface area contributed by atoms with Gasteiger partial charge in [0.2, 0.25) is 0 Å². The summed E-state index contributed by atoms with van der Waals surface area (Å²) in [5.41, 5.74) is 0.781. The summed E-state index contributed by atoms with van der Waals surface area (Å²) in [7, 11) is 3.65. The number of aliphatic hydroxyl groups is 1. The van der Waals surface area contributed by atoms with Gasteiger partial charge in [-0.2, -0.15) is 0 Å². The van der Waals surface area contributed by atoms with Crippen LogP contribution in [0.15, 0.2) is 18.2 Å². The SMILES string of the molecule is CN(C)c1ccc(C(=O)NC2CCCCCC2CO)c(F)c1. The third-order valence-corrected chi connectivity index (χ3v) is 4.42. The summed E-state index contributed by atoms with van der Waals surface area (Å²) in [6.07, 6.45) is 4.97. The fourth-order valence-corrected chi connectivity index (χ4v) is 3.01. The quantitative estimate of drug-likeness (QED) is 0.841. The monoisotopic (exact) mass is 308 g/mol. The summed E-state index contributed by atoms with van der Waals surface area (Å²) in [5, 5.41) is 12.4. The lowest BCUT2D eigenvalue weighted by atomic mass is 9.95. The number of carbonyl (C=O) groups is 1.